The maximum absolute atomic E-state index is 4.18. The molecule has 0 aliphatic heterocycles. The first-order valence-corrected chi connectivity index (χ1v) is 5.16. The summed E-state index contributed by atoms with van der Waals surface area (Å²) in [5, 5.41) is 1.66. The zero-order chi connectivity index (χ0) is 8.23. The Kier molecular flexibility index (Phi) is 2.51. The summed E-state index contributed by atoms with van der Waals surface area (Å²) in [4.78, 5) is 7.29. The average Bonchev–Trinajstić information content (AvgIpc) is 2.59. The highest BCUT2D eigenvalue weighted by Crippen LogP contribution is 2.27. The quantitative estimate of drug-likeness (QED) is 0.709. The van der Waals surface area contributed by atoms with Gasteiger partial charge >= 0.3 is 0 Å². The molecule has 3 heteroatoms. The average molecular weight is 180 g/mol. The van der Waals surface area contributed by atoms with Crippen LogP contribution in [0.1, 0.15) is 19.3 Å². The fourth-order valence-corrected chi connectivity index (χ4v) is 2.36. The Labute approximate surface area is 76.5 Å². The molecule has 1 N–H and O–H groups in total. The number of aromatic amines is 1. The molecule has 0 saturated carbocycles. The Morgan fingerprint density at radius 3 is 3.25 bits per heavy atom. The number of nitrogens with zero attached hydrogens (tertiary/aromatic N) is 1. The number of hydrogen-bond donors (Lipinski definition) is 1. The normalized spacial score (nSPS) is 22.8. The molecule has 0 fully saturated rings. The third-order valence-corrected chi connectivity index (χ3v) is 3.09. The first-order chi connectivity index (χ1) is 5.95. The van der Waals surface area contributed by atoms with Gasteiger partial charge in [-0.1, -0.05) is 23.9 Å². The summed E-state index contributed by atoms with van der Waals surface area (Å²) in [5.74, 6) is 0. The molecule has 1 heterocycles. The fourth-order valence-electron chi connectivity index (χ4n) is 1.34. The van der Waals surface area contributed by atoms with Gasteiger partial charge < -0.3 is 4.98 Å². The molecule has 0 saturated heterocycles. The molecule has 1 aromatic heterocycles. The number of imidazole rings is 1. The molecular formula is C9H12N2S. The SMILES string of the molecule is C1=CC(Sc2ncc[nH]2)CCC1. The molecule has 0 bridgehead atoms. The summed E-state index contributed by atoms with van der Waals surface area (Å²) in [5.41, 5.74) is 0. The molecule has 1 aliphatic carbocycles. The van der Waals surface area contributed by atoms with Crippen LogP contribution in [-0.4, -0.2) is 15.2 Å². The molecule has 12 heavy (non-hydrogen) atoms. The second kappa shape index (κ2) is 3.81. The van der Waals surface area contributed by atoms with Gasteiger partial charge in [0.25, 0.3) is 0 Å². The predicted molar refractivity (Wildman–Crippen MR) is 51.2 cm³/mol. The number of hydrogen-bond acceptors (Lipinski definition) is 2. The van der Waals surface area contributed by atoms with E-state index in [1.54, 1.807) is 6.20 Å². The third-order valence-electron chi connectivity index (χ3n) is 1.95. The van der Waals surface area contributed by atoms with Crippen molar-refractivity contribution >= 4 is 11.8 Å². The molecule has 1 unspecified atom stereocenters. The summed E-state index contributed by atoms with van der Waals surface area (Å²) in [6.45, 7) is 0. The smallest absolute Gasteiger partial charge is 0.165 e. The highest BCUT2D eigenvalue weighted by atomic mass is 32.2. The van der Waals surface area contributed by atoms with Gasteiger partial charge in [-0.3, -0.25) is 0 Å². The molecule has 0 radical (unpaired) electrons. The number of thioether (sulfide) groups is 1. The van der Waals surface area contributed by atoms with Crippen molar-refractivity contribution in [3.05, 3.63) is 24.5 Å². The Bertz CT molecular complexity index is 254. The number of nitrogens with one attached hydrogen (secondary N) is 1. The van der Waals surface area contributed by atoms with Gasteiger partial charge in [-0.05, 0) is 19.3 Å². The lowest BCUT2D eigenvalue weighted by Gasteiger charge is -2.13. The van der Waals surface area contributed by atoms with Crippen molar-refractivity contribution in [3.8, 4) is 0 Å². The Morgan fingerprint density at radius 2 is 2.58 bits per heavy atom. The second-order valence-electron chi connectivity index (χ2n) is 2.91. The summed E-state index contributed by atoms with van der Waals surface area (Å²) >= 11 is 1.82. The lowest BCUT2D eigenvalue weighted by molar-refractivity contribution is 0.739. The van der Waals surface area contributed by atoms with Gasteiger partial charge in [0, 0.05) is 17.6 Å². The van der Waals surface area contributed by atoms with Crippen LogP contribution >= 0.6 is 11.8 Å². The molecule has 1 atom stereocenters. The predicted octanol–water partition coefficient (Wildman–Crippen LogP) is 2.61. The van der Waals surface area contributed by atoms with Crippen molar-refractivity contribution in [3.63, 3.8) is 0 Å². The van der Waals surface area contributed by atoms with Gasteiger partial charge in [0.2, 0.25) is 0 Å². The van der Waals surface area contributed by atoms with Crippen LogP contribution in [0.2, 0.25) is 0 Å². The van der Waals surface area contributed by atoms with Crippen molar-refractivity contribution in [2.45, 2.75) is 29.7 Å². The molecule has 0 spiro atoms. The number of aromatic nitrogens is 2. The lowest BCUT2D eigenvalue weighted by atomic mass is 10.1. The molecular weight excluding hydrogens is 168 g/mol. The van der Waals surface area contributed by atoms with Crippen molar-refractivity contribution < 1.29 is 0 Å². The van der Waals surface area contributed by atoms with Crippen LogP contribution in [-0.2, 0) is 0 Å². The third kappa shape index (κ3) is 1.91. The standard InChI is InChI=1S/C9H12N2S/c1-2-4-8(5-3-1)12-9-10-6-7-11-9/h2,4,6-8H,1,3,5H2,(H,10,11). The van der Waals surface area contributed by atoms with Gasteiger partial charge in [-0.2, -0.15) is 0 Å². The van der Waals surface area contributed by atoms with Gasteiger partial charge in [-0.15, -0.1) is 0 Å². The molecule has 2 rings (SSSR count). The van der Waals surface area contributed by atoms with E-state index in [0.717, 1.165) is 5.16 Å². The van der Waals surface area contributed by atoms with E-state index in [9.17, 15) is 0 Å². The monoisotopic (exact) mass is 180 g/mol. The summed E-state index contributed by atoms with van der Waals surface area (Å²) < 4.78 is 0. The first-order valence-electron chi connectivity index (χ1n) is 4.28. The fraction of sp³-hybridized carbons (Fsp3) is 0.444. The van der Waals surface area contributed by atoms with E-state index in [2.05, 4.69) is 22.1 Å². The van der Waals surface area contributed by atoms with E-state index in [0.29, 0.717) is 5.25 Å². The van der Waals surface area contributed by atoms with Gasteiger partial charge in [0.15, 0.2) is 5.16 Å². The largest absolute Gasteiger partial charge is 0.340 e. The topological polar surface area (TPSA) is 28.7 Å². The molecule has 64 valence electrons. The maximum atomic E-state index is 4.18. The lowest BCUT2D eigenvalue weighted by Crippen LogP contribution is -2.02. The van der Waals surface area contributed by atoms with Crippen molar-refractivity contribution in [2.24, 2.45) is 0 Å². The van der Waals surface area contributed by atoms with Gasteiger partial charge in [0.05, 0.1) is 0 Å². The minimum absolute atomic E-state index is 0.630. The van der Waals surface area contributed by atoms with Gasteiger partial charge in [-0.25, -0.2) is 4.98 Å². The first kappa shape index (κ1) is 7.92. The second-order valence-corrected chi connectivity index (χ2v) is 4.14. The minimum atomic E-state index is 0.630. The van der Waals surface area contributed by atoms with E-state index in [-0.39, 0.29) is 0 Å². The summed E-state index contributed by atoms with van der Waals surface area (Å²) in [6, 6.07) is 0. The zero-order valence-corrected chi connectivity index (χ0v) is 7.68. The highest BCUT2D eigenvalue weighted by Gasteiger charge is 2.10. The maximum Gasteiger partial charge on any atom is 0.165 e. The van der Waals surface area contributed by atoms with Crippen LogP contribution in [0.3, 0.4) is 0 Å². The van der Waals surface area contributed by atoms with E-state index in [4.69, 9.17) is 0 Å². The summed E-state index contributed by atoms with van der Waals surface area (Å²) in [6.07, 6.45) is 12.1. The van der Waals surface area contributed by atoms with Crippen LogP contribution in [0.15, 0.2) is 29.7 Å². The molecule has 0 aromatic carbocycles. The van der Waals surface area contributed by atoms with Crippen molar-refractivity contribution in [1.29, 1.82) is 0 Å². The Hall–Kier alpha value is -0.700. The molecule has 2 nitrogen and oxygen atoms in total. The van der Waals surface area contributed by atoms with Crippen LogP contribution in [0.5, 0.6) is 0 Å². The van der Waals surface area contributed by atoms with E-state index >= 15 is 0 Å². The van der Waals surface area contributed by atoms with E-state index in [1.807, 2.05) is 18.0 Å². The van der Waals surface area contributed by atoms with E-state index < -0.39 is 0 Å². The van der Waals surface area contributed by atoms with Crippen LogP contribution < -0.4 is 0 Å². The molecule has 1 aliphatic rings. The number of rotatable bonds is 2. The van der Waals surface area contributed by atoms with Crippen LogP contribution in [0, 0.1) is 0 Å². The minimum Gasteiger partial charge on any atom is -0.340 e. The molecule has 1 aromatic rings. The Morgan fingerprint density at radius 1 is 1.58 bits per heavy atom. The van der Waals surface area contributed by atoms with Crippen molar-refractivity contribution in [2.75, 3.05) is 0 Å². The van der Waals surface area contributed by atoms with Gasteiger partial charge in [0.1, 0.15) is 0 Å². The Balaban J connectivity index is 1.94. The van der Waals surface area contributed by atoms with Crippen molar-refractivity contribution in [1.82, 2.24) is 9.97 Å². The number of H-pyrrole nitrogens is 1. The molecule has 0 amide bonds. The highest BCUT2D eigenvalue weighted by molar-refractivity contribution is 7.99. The van der Waals surface area contributed by atoms with E-state index in [1.165, 1.54) is 19.3 Å². The summed E-state index contributed by atoms with van der Waals surface area (Å²) in [7, 11) is 0. The zero-order valence-electron chi connectivity index (χ0n) is 6.86. The number of allylic oxidation sites excluding steroid dienone is 1. The van der Waals surface area contributed by atoms with Crippen LogP contribution in [0.25, 0.3) is 0 Å². The van der Waals surface area contributed by atoms with Crippen LogP contribution in [0.4, 0.5) is 0 Å².